The van der Waals surface area contributed by atoms with E-state index in [2.05, 4.69) is 84.6 Å². The van der Waals surface area contributed by atoms with Gasteiger partial charge in [-0.2, -0.15) is 5.10 Å². The third kappa shape index (κ3) is 12.0. The molecular formula is C42H63ClN6. The second-order valence-electron chi connectivity index (χ2n) is 14.7. The molecule has 0 saturated heterocycles. The molecule has 0 atom stereocenters. The van der Waals surface area contributed by atoms with Gasteiger partial charge in [-0.25, -0.2) is 4.98 Å². The van der Waals surface area contributed by atoms with Gasteiger partial charge >= 0.3 is 0 Å². The van der Waals surface area contributed by atoms with Gasteiger partial charge in [0.15, 0.2) is 0 Å². The number of rotatable bonds is 9. The van der Waals surface area contributed by atoms with E-state index in [9.17, 15) is 0 Å². The van der Waals surface area contributed by atoms with Crippen molar-refractivity contribution in [3.8, 4) is 11.1 Å². The number of pyridine rings is 2. The lowest BCUT2D eigenvalue weighted by atomic mass is 9.85. The summed E-state index contributed by atoms with van der Waals surface area (Å²) in [5.41, 5.74) is 6.96. The van der Waals surface area contributed by atoms with Crippen LogP contribution in [-0.4, -0.2) is 32.8 Å². The molecule has 49 heavy (non-hydrogen) atoms. The summed E-state index contributed by atoms with van der Waals surface area (Å²) in [6.07, 6.45) is 29.0. The van der Waals surface area contributed by atoms with Crippen LogP contribution in [0, 0.1) is 5.92 Å². The van der Waals surface area contributed by atoms with Gasteiger partial charge in [-0.3, -0.25) is 9.67 Å². The highest BCUT2D eigenvalue weighted by molar-refractivity contribution is 6.31. The van der Waals surface area contributed by atoms with Gasteiger partial charge < -0.3 is 10.2 Å². The Hall–Kier alpha value is -3.12. The van der Waals surface area contributed by atoms with Crippen LogP contribution in [0.4, 0.5) is 5.82 Å². The Kier molecular flexibility index (Phi) is 15.7. The van der Waals surface area contributed by atoms with Crippen LogP contribution in [-0.2, 0) is 6.42 Å². The van der Waals surface area contributed by atoms with E-state index in [1.165, 1.54) is 108 Å². The zero-order valence-electron chi connectivity index (χ0n) is 31.2. The summed E-state index contributed by atoms with van der Waals surface area (Å²) in [4.78, 5) is 11.2. The molecular weight excluding hydrogens is 624 g/mol. The van der Waals surface area contributed by atoms with Crippen molar-refractivity contribution in [2.75, 3.05) is 11.9 Å². The molecule has 0 unspecified atom stereocenters. The van der Waals surface area contributed by atoms with E-state index in [1.807, 2.05) is 36.3 Å². The monoisotopic (exact) mass is 686 g/mol. The molecule has 6 nitrogen and oxygen atoms in total. The van der Waals surface area contributed by atoms with Gasteiger partial charge in [0.05, 0.1) is 16.9 Å². The molecule has 7 heteroatoms. The Balaban J connectivity index is 0.000000184. The zero-order valence-corrected chi connectivity index (χ0v) is 31.9. The summed E-state index contributed by atoms with van der Waals surface area (Å²) in [6.45, 7) is 16.6. The Morgan fingerprint density at radius 2 is 1.53 bits per heavy atom. The number of hydrogen-bond acceptors (Lipinski definition) is 5. The van der Waals surface area contributed by atoms with Crippen LogP contribution in [0.3, 0.4) is 0 Å². The molecule has 0 aliphatic heterocycles. The van der Waals surface area contributed by atoms with E-state index in [1.54, 1.807) is 0 Å². The fourth-order valence-electron chi connectivity index (χ4n) is 7.40. The number of aryl methyl sites for hydroxylation is 1. The molecule has 3 aromatic heterocycles. The van der Waals surface area contributed by atoms with E-state index >= 15 is 0 Å². The number of hydrogen-bond donors (Lipinski definition) is 1. The van der Waals surface area contributed by atoms with E-state index < -0.39 is 0 Å². The maximum Gasteiger partial charge on any atom is 0.132 e. The summed E-state index contributed by atoms with van der Waals surface area (Å²) >= 11 is 6.19. The topological polar surface area (TPSA) is 58.9 Å². The number of aromatic nitrogens is 4. The Morgan fingerprint density at radius 1 is 0.898 bits per heavy atom. The molecule has 268 valence electrons. The summed E-state index contributed by atoms with van der Waals surface area (Å²) in [5, 5.41) is 8.68. The number of nitrogens with zero attached hydrogens (tertiary/aromatic N) is 5. The molecule has 0 bridgehead atoms. The first-order valence-corrected chi connectivity index (χ1v) is 19.5. The SMILES string of the molecule is C=C(C)NC1CCCCC1.C=C(C1CCCCC1)N(C)c1cc(-c2cnn(C(C)C)c2)ccn1.CCc1ncc(C2CCCCC2)cc1Cl. The lowest BCUT2D eigenvalue weighted by Crippen LogP contribution is -2.28. The molecule has 3 aliphatic rings. The molecule has 3 saturated carbocycles. The Bertz CT molecular complexity index is 1440. The Morgan fingerprint density at radius 3 is 2.10 bits per heavy atom. The van der Waals surface area contributed by atoms with Gasteiger partial charge in [-0.15, -0.1) is 0 Å². The van der Waals surface area contributed by atoms with Crippen molar-refractivity contribution in [2.45, 2.75) is 148 Å². The van der Waals surface area contributed by atoms with Crippen molar-refractivity contribution in [3.63, 3.8) is 0 Å². The first-order valence-electron chi connectivity index (χ1n) is 19.2. The molecule has 3 aromatic rings. The standard InChI is InChI=1S/C20H28N4.C13H18ClN.C9H17N/c1-15(2)24-14-19(13-22-24)18-10-11-21-20(12-18)23(4)16(3)17-8-6-5-7-9-17;1-2-13-12(14)8-11(9-15-13)10-6-4-3-5-7-10;1-8(2)10-9-6-4-3-5-7-9/h10-15,17H,3,5-9H2,1-2,4H3;8-10H,2-7H2,1H3;9-10H,1,3-7H2,2H3. The van der Waals surface area contributed by atoms with Crippen LogP contribution in [0.5, 0.6) is 0 Å². The molecule has 3 heterocycles. The number of halogens is 1. The quantitative estimate of drug-likeness (QED) is 0.243. The highest BCUT2D eigenvalue weighted by Gasteiger charge is 2.21. The second-order valence-corrected chi connectivity index (χ2v) is 15.1. The summed E-state index contributed by atoms with van der Waals surface area (Å²) in [7, 11) is 2.08. The van der Waals surface area contributed by atoms with Gasteiger partial charge in [0, 0.05) is 54.7 Å². The van der Waals surface area contributed by atoms with Gasteiger partial charge in [0.2, 0.25) is 0 Å². The highest BCUT2D eigenvalue weighted by atomic mass is 35.5. The van der Waals surface area contributed by atoms with Crippen LogP contribution in [0.15, 0.2) is 67.5 Å². The maximum absolute atomic E-state index is 6.19. The number of nitrogens with one attached hydrogen (secondary N) is 1. The first-order chi connectivity index (χ1) is 23.7. The van der Waals surface area contributed by atoms with E-state index in [4.69, 9.17) is 11.6 Å². The van der Waals surface area contributed by atoms with Gasteiger partial charge in [-0.05, 0) is 107 Å². The van der Waals surface area contributed by atoms with Crippen molar-refractivity contribution < 1.29 is 0 Å². The van der Waals surface area contributed by atoms with Gasteiger partial charge in [0.25, 0.3) is 0 Å². The van der Waals surface area contributed by atoms with Crippen LogP contribution in [0.25, 0.3) is 11.1 Å². The molecule has 6 rings (SSSR count). The highest BCUT2D eigenvalue weighted by Crippen LogP contribution is 2.34. The van der Waals surface area contributed by atoms with Gasteiger partial charge in [0.1, 0.15) is 5.82 Å². The predicted molar refractivity (Wildman–Crippen MR) is 209 cm³/mol. The third-order valence-electron chi connectivity index (χ3n) is 10.5. The smallest absolute Gasteiger partial charge is 0.132 e. The normalized spacial score (nSPS) is 17.4. The minimum atomic E-state index is 0.369. The summed E-state index contributed by atoms with van der Waals surface area (Å²) < 4.78 is 1.99. The zero-order chi connectivity index (χ0) is 35.2. The van der Waals surface area contributed by atoms with E-state index in [0.717, 1.165) is 45.8 Å². The third-order valence-corrected chi connectivity index (χ3v) is 10.8. The van der Waals surface area contributed by atoms with Crippen molar-refractivity contribution in [1.29, 1.82) is 0 Å². The lowest BCUT2D eigenvalue weighted by Gasteiger charge is -2.30. The largest absolute Gasteiger partial charge is 0.386 e. The number of anilines is 1. The van der Waals surface area contributed by atoms with Crippen LogP contribution < -0.4 is 10.2 Å². The minimum absolute atomic E-state index is 0.369. The average molecular weight is 687 g/mol. The Labute approximate surface area is 302 Å². The van der Waals surface area contributed by atoms with Crippen LogP contribution in [0.1, 0.15) is 147 Å². The first kappa shape index (κ1) is 38.7. The lowest BCUT2D eigenvalue weighted by molar-refractivity contribution is 0.397. The average Bonchev–Trinajstić information content (AvgIpc) is 3.64. The summed E-state index contributed by atoms with van der Waals surface area (Å²) in [5.74, 6) is 2.26. The molecule has 0 radical (unpaired) electrons. The van der Waals surface area contributed by atoms with E-state index in [-0.39, 0.29) is 0 Å². The molecule has 0 aromatic carbocycles. The fourth-order valence-corrected chi connectivity index (χ4v) is 7.71. The van der Waals surface area contributed by atoms with E-state index in [0.29, 0.717) is 17.9 Å². The minimum Gasteiger partial charge on any atom is -0.386 e. The molecule has 3 fully saturated rings. The molecule has 0 spiro atoms. The van der Waals surface area contributed by atoms with Crippen LogP contribution in [0.2, 0.25) is 5.02 Å². The second kappa shape index (κ2) is 19.9. The predicted octanol–water partition coefficient (Wildman–Crippen LogP) is 11.8. The molecule has 3 aliphatic carbocycles. The maximum atomic E-state index is 6.19. The number of allylic oxidation sites excluding steroid dienone is 2. The van der Waals surface area contributed by atoms with Gasteiger partial charge in [-0.1, -0.05) is 89.5 Å². The fraction of sp³-hybridized carbons (Fsp3) is 0.595. The van der Waals surface area contributed by atoms with Crippen molar-refractivity contribution in [3.05, 3.63) is 83.8 Å². The van der Waals surface area contributed by atoms with Crippen molar-refractivity contribution in [2.24, 2.45) is 5.92 Å². The molecule has 0 amide bonds. The van der Waals surface area contributed by atoms with Crippen molar-refractivity contribution >= 4 is 17.4 Å². The molecule has 1 N–H and O–H groups in total. The van der Waals surface area contributed by atoms with Crippen molar-refractivity contribution in [1.82, 2.24) is 25.1 Å². The van der Waals surface area contributed by atoms with Crippen LogP contribution >= 0.6 is 11.6 Å². The summed E-state index contributed by atoms with van der Waals surface area (Å²) in [6, 6.07) is 7.40.